The third kappa shape index (κ3) is 3.45. The third-order valence-electron chi connectivity index (χ3n) is 3.27. The molecule has 1 aromatic carbocycles. The van der Waals surface area contributed by atoms with Crippen LogP contribution in [0.5, 0.6) is 5.75 Å². The second-order valence-electron chi connectivity index (χ2n) is 4.50. The van der Waals surface area contributed by atoms with Gasteiger partial charge in [-0.2, -0.15) is 0 Å². The molecule has 1 aliphatic rings. The zero-order valence-corrected chi connectivity index (χ0v) is 11.2. The molecule has 19 heavy (non-hydrogen) atoms. The SMILES string of the molecule is CNC1COCC1C(=O)OCc1cccc(OC)c1. The van der Waals surface area contributed by atoms with Crippen molar-refractivity contribution in [2.75, 3.05) is 27.4 Å². The van der Waals surface area contributed by atoms with Crippen molar-refractivity contribution < 1.29 is 19.0 Å². The van der Waals surface area contributed by atoms with E-state index in [1.165, 1.54) is 0 Å². The van der Waals surface area contributed by atoms with E-state index < -0.39 is 0 Å². The van der Waals surface area contributed by atoms with Crippen LogP contribution in [0, 0.1) is 5.92 Å². The van der Waals surface area contributed by atoms with E-state index in [0.29, 0.717) is 13.2 Å². The highest BCUT2D eigenvalue weighted by Gasteiger charge is 2.34. The molecule has 1 heterocycles. The maximum Gasteiger partial charge on any atom is 0.313 e. The smallest absolute Gasteiger partial charge is 0.313 e. The third-order valence-corrected chi connectivity index (χ3v) is 3.27. The summed E-state index contributed by atoms with van der Waals surface area (Å²) in [4.78, 5) is 12.0. The Hall–Kier alpha value is -1.59. The summed E-state index contributed by atoms with van der Waals surface area (Å²) in [5.74, 6) is 0.307. The molecule has 1 N–H and O–H groups in total. The minimum atomic E-state index is -0.226. The highest BCUT2D eigenvalue weighted by Crippen LogP contribution is 2.17. The number of carbonyl (C=O) groups excluding carboxylic acids is 1. The summed E-state index contributed by atoms with van der Waals surface area (Å²) in [7, 11) is 3.43. The van der Waals surface area contributed by atoms with Crippen LogP contribution in [0.15, 0.2) is 24.3 Å². The molecule has 0 spiro atoms. The number of hydrogen-bond acceptors (Lipinski definition) is 5. The zero-order valence-electron chi connectivity index (χ0n) is 11.2. The Kier molecular flexibility index (Phi) is 4.76. The molecule has 1 fully saturated rings. The average molecular weight is 265 g/mol. The van der Waals surface area contributed by atoms with E-state index in [1.54, 1.807) is 7.11 Å². The molecule has 2 rings (SSSR count). The molecule has 104 valence electrons. The number of hydrogen-bond donors (Lipinski definition) is 1. The van der Waals surface area contributed by atoms with E-state index in [-0.39, 0.29) is 24.5 Å². The van der Waals surface area contributed by atoms with Crippen LogP contribution in [-0.2, 0) is 20.9 Å². The summed E-state index contributed by atoms with van der Waals surface area (Å²) >= 11 is 0. The van der Waals surface area contributed by atoms with Gasteiger partial charge in [-0.25, -0.2) is 0 Å². The van der Waals surface area contributed by atoms with E-state index in [9.17, 15) is 4.79 Å². The van der Waals surface area contributed by atoms with Crippen molar-refractivity contribution >= 4 is 5.97 Å². The number of likely N-dealkylation sites (N-methyl/N-ethyl adjacent to an activating group) is 1. The van der Waals surface area contributed by atoms with Gasteiger partial charge in [0.05, 0.1) is 26.2 Å². The fourth-order valence-corrected chi connectivity index (χ4v) is 2.09. The Morgan fingerprint density at radius 2 is 2.32 bits per heavy atom. The van der Waals surface area contributed by atoms with Gasteiger partial charge in [0.1, 0.15) is 12.4 Å². The Morgan fingerprint density at radius 3 is 3.05 bits per heavy atom. The molecule has 5 heteroatoms. The lowest BCUT2D eigenvalue weighted by Gasteiger charge is -2.15. The van der Waals surface area contributed by atoms with Gasteiger partial charge in [0.2, 0.25) is 0 Å². The van der Waals surface area contributed by atoms with Crippen molar-refractivity contribution in [2.45, 2.75) is 12.6 Å². The highest BCUT2D eigenvalue weighted by atomic mass is 16.5. The Labute approximate surface area is 112 Å². The molecule has 0 saturated carbocycles. The minimum Gasteiger partial charge on any atom is -0.497 e. The van der Waals surface area contributed by atoms with Crippen molar-refractivity contribution in [1.29, 1.82) is 0 Å². The van der Waals surface area contributed by atoms with E-state index >= 15 is 0 Å². The maximum absolute atomic E-state index is 12.0. The number of methoxy groups -OCH3 is 1. The van der Waals surface area contributed by atoms with Crippen LogP contribution in [0.3, 0.4) is 0 Å². The van der Waals surface area contributed by atoms with Gasteiger partial charge in [-0.1, -0.05) is 12.1 Å². The summed E-state index contributed by atoms with van der Waals surface area (Å²) < 4.78 is 15.7. The molecule has 5 nitrogen and oxygen atoms in total. The molecule has 0 amide bonds. The first-order chi connectivity index (χ1) is 9.24. The molecular weight excluding hydrogens is 246 g/mol. The lowest BCUT2D eigenvalue weighted by Crippen LogP contribution is -2.37. The first-order valence-corrected chi connectivity index (χ1v) is 6.29. The van der Waals surface area contributed by atoms with Gasteiger partial charge in [0.15, 0.2) is 0 Å². The molecule has 0 aliphatic carbocycles. The van der Waals surface area contributed by atoms with Crippen molar-refractivity contribution in [3.8, 4) is 5.75 Å². The molecule has 2 atom stereocenters. The van der Waals surface area contributed by atoms with Crippen LogP contribution in [0.4, 0.5) is 0 Å². The normalized spacial score (nSPS) is 22.2. The Morgan fingerprint density at radius 1 is 1.47 bits per heavy atom. The fourth-order valence-electron chi connectivity index (χ4n) is 2.09. The molecule has 0 aromatic heterocycles. The van der Waals surface area contributed by atoms with Gasteiger partial charge in [-0.05, 0) is 24.7 Å². The Bertz CT molecular complexity index is 435. The lowest BCUT2D eigenvalue weighted by atomic mass is 10.0. The van der Waals surface area contributed by atoms with Gasteiger partial charge in [-0.3, -0.25) is 4.79 Å². The van der Waals surface area contributed by atoms with Crippen LogP contribution < -0.4 is 10.1 Å². The predicted molar refractivity (Wildman–Crippen MR) is 69.9 cm³/mol. The highest BCUT2D eigenvalue weighted by molar-refractivity contribution is 5.73. The van der Waals surface area contributed by atoms with E-state index in [1.807, 2.05) is 31.3 Å². The first kappa shape index (κ1) is 13.8. The number of carbonyl (C=O) groups is 1. The summed E-state index contributed by atoms with van der Waals surface area (Å²) in [6.45, 7) is 1.22. The standard InChI is InChI=1S/C14H19NO4/c1-15-13-9-18-8-12(13)14(16)19-7-10-4-3-5-11(6-10)17-2/h3-6,12-13,15H,7-9H2,1-2H3. The average Bonchev–Trinajstić information content (AvgIpc) is 2.93. The van der Waals surface area contributed by atoms with Crippen LogP contribution >= 0.6 is 0 Å². The van der Waals surface area contributed by atoms with Gasteiger partial charge in [-0.15, -0.1) is 0 Å². The molecule has 2 unspecified atom stereocenters. The molecule has 1 aromatic rings. The molecule has 0 bridgehead atoms. The number of benzene rings is 1. The van der Waals surface area contributed by atoms with Crippen LogP contribution in [0.25, 0.3) is 0 Å². The largest absolute Gasteiger partial charge is 0.497 e. The number of nitrogens with one attached hydrogen (secondary N) is 1. The molecular formula is C14H19NO4. The number of ether oxygens (including phenoxy) is 3. The zero-order chi connectivity index (χ0) is 13.7. The summed E-state index contributed by atoms with van der Waals surface area (Å²) in [5.41, 5.74) is 0.910. The van der Waals surface area contributed by atoms with Gasteiger partial charge in [0.25, 0.3) is 0 Å². The number of esters is 1. The van der Waals surface area contributed by atoms with Crippen LogP contribution in [0.1, 0.15) is 5.56 Å². The fraction of sp³-hybridized carbons (Fsp3) is 0.500. The Balaban J connectivity index is 1.89. The van der Waals surface area contributed by atoms with E-state index in [0.717, 1.165) is 11.3 Å². The van der Waals surface area contributed by atoms with Gasteiger partial charge >= 0.3 is 5.97 Å². The molecule has 1 saturated heterocycles. The van der Waals surface area contributed by atoms with E-state index in [4.69, 9.17) is 14.2 Å². The van der Waals surface area contributed by atoms with Crippen molar-refractivity contribution in [3.05, 3.63) is 29.8 Å². The van der Waals surface area contributed by atoms with Crippen molar-refractivity contribution in [1.82, 2.24) is 5.32 Å². The topological polar surface area (TPSA) is 56.8 Å². The quantitative estimate of drug-likeness (QED) is 0.804. The van der Waals surface area contributed by atoms with Crippen molar-refractivity contribution in [3.63, 3.8) is 0 Å². The van der Waals surface area contributed by atoms with Gasteiger partial charge < -0.3 is 19.5 Å². The second-order valence-corrected chi connectivity index (χ2v) is 4.50. The second kappa shape index (κ2) is 6.54. The monoisotopic (exact) mass is 265 g/mol. The molecule has 0 radical (unpaired) electrons. The predicted octanol–water partition coefficient (Wildman–Crippen LogP) is 0.973. The first-order valence-electron chi connectivity index (χ1n) is 6.29. The van der Waals surface area contributed by atoms with Crippen molar-refractivity contribution in [2.24, 2.45) is 5.92 Å². The summed E-state index contributed by atoms with van der Waals surface area (Å²) in [5, 5.41) is 3.07. The van der Waals surface area contributed by atoms with Crippen LogP contribution in [0.2, 0.25) is 0 Å². The summed E-state index contributed by atoms with van der Waals surface area (Å²) in [6, 6.07) is 7.52. The minimum absolute atomic E-state index is 0.0396. The van der Waals surface area contributed by atoms with Gasteiger partial charge in [0, 0.05) is 6.04 Å². The maximum atomic E-state index is 12.0. The number of rotatable bonds is 5. The molecule has 1 aliphatic heterocycles. The lowest BCUT2D eigenvalue weighted by molar-refractivity contribution is -0.150. The summed E-state index contributed by atoms with van der Waals surface area (Å²) in [6.07, 6.45) is 0. The van der Waals surface area contributed by atoms with Crippen LogP contribution in [-0.4, -0.2) is 39.4 Å². The van der Waals surface area contributed by atoms with E-state index in [2.05, 4.69) is 5.32 Å².